The van der Waals surface area contributed by atoms with Crippen LogP contribution in [-0.4, -0.2) is 53.1 Å². The van der Waals surface area contributed by atoms with Crippen LogP contribution in [0.1, 0.15) is 33.1 Å². The van der Waals surface area contributed by atoms with Gasteiger partial charge in [0.25, 0.3) is 0 Å². The maximum atomic E-state index is 11.9. The highest BCUT2D eigenvalue weighted by Crippen LogP contribution is 2.10. The lowest BCUT2D eigenvalue weighted by molar-refractivity contribution is -0.139. The number of amides is 3. The molecule has 0 aromatic rings. The molecule has 0 bridgehead atoms. The summed E-state index contributed by atoms with van der Waals surface area (Å²) in [5.74, 6) is -1.09. The van der Waals surface area contributed by atoms with Crippen LogP contribution in [0.25, 0.3) is 0 Å². The number of urea groups is 1. The maximum absolute atomic E-state index is 11.9. The van der Waals surface area contributed by atoms with Gasteiger partial charge in [-0.3, -0.25) is 4.79 Å². The number of carboxylic acids is 1. The lowest BCUT2D eigenvalue weighted by Crippen LogP contribution is -2.52. The molecule has 7 nitrogen and oxygen atoms in total. The normalized spacial score (nSPS) is 17.7. The number of nitrogens with one attached hydrogen (secondary N) is 2. The molecule has 1 saturated heterocycles. The summed E-state index contributed by atoms with van der Waals surface area (Å²) in [6.45, 7) is 4.22. The molecule has 1 aliphatic rings. The minimum absolute atomic E-state index is 0.0696. The van der Waals surface area contributed by atoms with E-state index < -0.39 is 12.0 Å². The van der Waals surface area contributed by atoms with Gasteiger partial charge in [-0.15, -0.1) is 0 Å². The number of carbonyl (C=O) groups excluding carboxylic acids is 2. The van der Waals surface area contributed by atoms with Gasteiger partial charge in [0, 0.05) is 26.1 Å². The van der Waals surface area contributed by atoms with Gasteiger partial charge >= 0.3 is 12.0 Å². The van der Waals surface area contributed by atoms with Gasteiger partial charge in [0.05, 0.1) is 0 Å². The van der Waals surface area contributed by atoms with Gasteiger partial charge in [-0.2, -0.15) is 0 Å². The molecule has 1 atom stereocenters. The number of carboxylic acid groups (broad SMARTS) is 1. The summed E-state index contributed by atoms with van der Waals surface area (Å²) in [5.41, 5.74) is 0. The number of nitrogens with zero attached hydrogens (tertiary/aromatic N) is 1. The molecule has 19 heavy (non-hydrogen) atoms. The summed E-state index contributed by atoms with van der Waals surface area (Å²) >= 11 is 0. The fraction of sp³-hybridized carbons (Fsp3) is 0.750. The van der Waals surface area contributed by atoms with E-state index in [9.17, 15) is 14.4 Å². The number of aliphatic carboxylic acids is 1. The second-order valence-electron chi connectivity index (χ2n) is 4.71. The second-order valence-corrected chi connectivity index (χ2v) is 4.71. The average Bonchev–Trinajstić information content (AvgIpc) is 2.35. The number of likely N-dealkylation sites (tertiary alicyclic amines) is 1. The van der Waals surface area contributed by atoms with Crippen LogP contribution in [0.5, 0.6) is 0 Å². The van der Waals surface area contributed by atoms with Crippen molar-refractivity contribution < 1.29 is 19.5 Å². The Balaban J connectivity index is 2.40. The van der Waals surface area contributed by atoms with Crippen LogP contribution >= 0.6 is 0 Å². The molecule has 0 radical (unpaired) electrons. The molecule has 0 aromatic heterocycles. The Morgan fingerprint density at radius 2 is 1.89 bits per heavy atom. The molecule has 7 heteroatoms. The Hall–Kier alpha value is -1.79. The van der Waals surface area contributed by atoms with E-state index in [0.717, 1.165) is 0 Å². The van der Waals surface area contributed by atoms with Crippen molar-refractivity contribution in [2.45, 2.75) is 45.2 Å². The van der Waals surface area contributed by atoms with Gasteiger partial charge in [-0.25, -0.2) is 9.59 Å². The van der Waals surface area contributed by atoms with Gasteiger partial charge in [-0.05, 0) is 19.3 Å². The van der Waals surface area contributed by atoms with Crippen molar-refractivity contribution in [3.05, 3.63) is 0 Å². The SMILES string of the molecule is CCC(NC(=O)N1CCC(NC(C)=O)CC1)C(=O)O. The zero-order chi connectivity index (χ0) is 14.4. The topological polar surface area (TPSA) is 98.7 Å². The molecule has 0 spiro atoms. The molecule has 1 heterocycles. The van der Waals surface area contributed by atoms with Crippen LogP contribution in [0.4, 0.5) is 4.79 Å². The van der Waals surface area contributed by atoms with Crippen LogP contribution in [0.3, 0.4) is 0 Å². The molecule has 1 fully saturated rings. The third-order valence-electron chi connectivity index (χ3n) is 3.19. The Morgan fingerprint density at radius 1 is 1.32 bits per heavy atom. The standard InChI is InChI=1S/C12H21N3O4/c1-3-10(11(17)18)14-12(19)15-6-4-9(5-7-15)13-8(2)16/h9-10H,3-7H2,1-2H3,(H,13,16)(H,14,19)(H,17,18). The van der Waals surface area contributed by atoms with Crippen molar-refractivity contribution in [2.75, 3.05) is 13.1 Å². The molecular formula is C12H21N3O4. The van der Waals surface area contributed by atoms with E-state index in [-0.39, 0.29) is 18.0 Å². The van der Waals surface area contributed by atoms with E-state index in [1.165, 1.54) is 6.92 Å². The van der Waals surface area contributed by atoms with Crippen LogP contribution < -0.4 is 10.6 Å². The molecular weight excluding hydrogens is 250 g/mol. The highest BCUT2D eigenvalue weighted by Gasteiger charge is 2.26. The summed E-state index contributed by atoms with van der Waals surface area (Å²) in [7, 11) is 0. The first-order chi connectivity index (χ1) is 8.93. The summed E-state index contributed by atoms with van der Waals surface area (Å²) in [6.07, 6.45) is 1.73. The highest BCUT2D eigenvalue weighted by molar-refractivity contribution is 5.82. The van der Waals surface area contributed by atoms with Crippen molar-refractivity contribution in [3.8, 4) is 0 Å². The number of hydrogen-bond acceptors (Lipinski definition) is 3. The predicted molar refractivity (Wildman–Crippen MR) is 68.7 cm³/mol. The Labute approximate surface area is 112 Å². The number of piperidine rings is 1. The lowest BCUT2D eigenvalue weighted by atomic mass is 10.1. The van der Waals surface area contributed by atoms with E-state index >= 15 is 0 Å². The Morgan fingerprint density at radius 3 is 2.32 bits per heavy atom. The largest absolute Gasteiger partial charge is 0.480 e. The molecule has 3 N–H and O–H groups in total. The van der Waals surface area contributed by atoms with E-state index in [1.54, 1.807) is 11.8 Å². The van der Waals surface area contributed by atoms with Crippen LogP contribution in [0.15, 0.2) is 0 Å². The van der Waals surface area contributed by atoms with E-state index in [0.29, 0.717) is 32.4 Å². The van der Waals surface area contributed by atoms with Gasteiger partial charge in [0.15, 0.2) is 0 Å². The number of carbonyl (C=O) groups is 3. The van der Waals surface area contributed by atoms with Gasteiger partial charge in [-0.1, -0.05) is 6.92 Å². The minimum Gasteiger partial charge on any atom is -0.480 e. The highest BCUT2D eigenvalue weighted by atomic mass is 16.4. The van der Waals surface area contributed by atoms with E-state index in [1.807, 2.05) is 0 Å². The van der Waals surface area contributed by atoms with E-state index in [4.69, 9.17) is 5.11 Å². The Kier molecular flexibility index (Phi) is 5.59. The maximum Gasteiger partial charge on any atom is 0.326 e. The zero-order valence-corrected chi connectivity index (χ0v) is 11.3. The number of hydrogen-bond donors (Lipinski definition) is 3. The fourth-order valence-electron chi connectivity index (χ4n) is 2.09. The summed E-state index contributed by atoms with van der Waals surface area (Å²) in [4.78, 5) is 35.2. The van der Waals surface area contributed by atoms with Crippen LogP contribution in [-0.2, 0) is 9.59 Å². The smallest absolute Gasteiger partial charge is 0.326 e. The first kappa shape index (κ1) is 15.3. The minimum atomic E-state index is -1.02. The van der Waals surface area contributed by atoms with Crippen LogP contribution in [0, 0.1) is 0 Å². The number of rotatable bonds is 4. The molecule has 0 aromatic carbocycles. The summed E-state index contributed by atoms with van der Waals surface area (Å²) in [5, 5.41) is 14.2. The third-order valence-corrected chi connectivity index (χ3v) is 3.19. The molecule has 108 valence electrons. The first-order valence-corrected chi connectivity index (χ1v) is 6.49. The molecule has 3 amide bonds. The summed E-state index contributed by atoms with van der Waals surface area (Å²) in [6, 6.07) is -1.10. The summed E-state index contributed by atoms with van der Waals surface area (Å²) < 4.78 is 0. The molecule has 1 unspecified atom stereocenters. The Bertz CT molecular complexity index is 351. The molecule has 0 aliphatic carbocycles. The van der Waals surface area contributed by atoms with Crippen LogP contribution in [0.2, 0.25) is 0 Å². The lowest BCUT2D eigenvalue weighted by Gasteiger charge is -2.32. The zero-order valence-electron chi connectivity index (χ0n) is 11.3. The fourth-order valence-corrected chi connectivity index (χ4v) is 2.09. The average molecular weight is 271 g/mol. The monoisotopic (exact) mass is 271 g/mol. The molecule has 1 aliphatic heterocycles. The second kappa shape index (κ2) is 6.96. The van der Waals surface area contributed by atoms with Crippen molar-refractivity contribution in [1.82, 2.24) is 15.5 Å². The van der Waals surface area contributed by atoms with Gasteiger partial charge in [0.1, 0.15) is 6.04 Å². The van der Waals surface area contributed by atoms with Gasteiger partial charge < -0.3 is 20.6 Å². The van der Waals surface area contributed by atoms with Crippen molar-refractivity contribution in [2.24, 2.45) is 0 Å². The molecule has 0 saturated carbocycles. The first-order valence-electron chi connectivity index (χ1n) is 6.49. The quantitative estimate of drug-likeness (QED) is 0.678. The van der Waals surface area contributed by atoms with Gasteiger partial charge in [0.2, 0.25) is 5.91 Å². The van der Waals surface area contributed by atoms with E-state index in [2.05, 4.69) is 10.6 Å². The van der Waals surface area contributed by atoms with Crippen molar-refractivity contribution in [3.63, 3.8) is 0 Å². The molecule has 1 rings (SSSR count). The third kappa shape index (κ3) is 4.76. The predicted octanol–water partition coefficient (Wildman–Crippen LogP) is 0.160. The van der Waals surface area contributed by atoms with Crippen molar-refractivity contribution >= 4 is 17.9 Å². The van der Waals surface area contributed by atoms with Crippen molar-refractivity contribution in [1.29, 1.82) is 0 Å².